The summed E-state index contributed by atoms with van der Waals surface area (Å²) in [6.07, 6.45) is -2.46. The molecule has 0 aromatic carbocycles. The predicted molar refractivity (Wildman–Crippen MR) is 57.4 cm³/mol. The topological polar surface area (TPSA) is 47.0 Å². The molecular formula is C8H9Cl2F2N3O. The molecule has 0 aliphatic carbocycles. The van der Waals surface area contributed by atoms with Gasteiger partial charge in [-0.15, -0.1) is 10.2 Å². The first-order valence-electron chi connectivity index (χ1n) is 4.38. The Hall–Kier alpha value is -0.720. The Balaban J connectivity index is 2.29. The molecule has 0 aliphatic rings. The van der Waals surface area contributed by atoms with Crippen LogP contribution in [-0.4, -0.2) is 36.4 Å². The van der Waals surface area contributed by atoms with Crippen molar-refractivity contribution in [2.75, 3.05) is 25.1 Å². The van der Waals surface area contributed by atoms with Gasteiger partial charge in [-0.25, -0.2) is 8.78 Å². The number of hydrogen-bond donors (Lipinski definition) is 1. The molecule has 1 rings (SSSR count). The minimum Gasteiger partial charge on any atom is -0.380 e. The Morgan fingerprint density at radius 1 is 1.38 bits per heavy atom. The van der Waals surface area contributed by atoms with Crippen LogP contribution in [-0.2, 0) is 4.74 Å². The number of halogens is 4. The zero-order chi connectivity index (χ0) is 12.0. The van der Waals surface area contributed by atoms with E-state index in [9.17, 15) is 8.78 Å². The normalized spacial score (nSPS) is 10.8. The predicted octanol–water partition coefficient (Wildman–Crippen LogP) is 2.48. The molecule has 0 fully saturated rings. The lowest BCUT2D eigenvalue weighted by atomic mass is 10.4. The highest BCUT2D eigenvalue weighted by molar-refractivity contribution is 6.33. The summed E-state index contributed by atoms with van der Waals surface area (Å²) in [7, 11) is 0. The molecule has 1 heterocycles. The number of alkyl halides is 2. The van der Waals surface area contributed by atoms with Crippen molar-refractivity contribution in [1.82, 2.24) is 10.2 Å². The molecule has 4 nitrogen and oxygen atoms in total. The molecule has 1 N–H and O–H groups in total. The molecule has 0 amide bonds. The summed E-state index contributed by atoms with van der Waals surface area (Å²) in [6.45, 7) is -0.111. The third-order valence-electron chi connectivity index (χ3n) is 1.52. The molecule has 0 spiro atoms. The zero-order valence-corrected chi connectivity index (χ0v) is 9.60. The van der Waals surface area contributed by atoms with Crippen LogP contribution in [0.25, 0.3) is 0 Å². The number of aromatic nitrogens is 2. The van der Waals surface area contributed by atoms with Crippen LogP contribution in [0.3, 0.4) is 0 Å². The van der Waals surface area contributed by atoms with E-state index in [1.807, 2.05) is 0 Å². The lowest BCUT2D eigenvalue weighted by molar-refractivity contribution is 0.0215. The molecule has 1 aromatic rings. The molecule has 16 heavy (non-hydrogen) atoms. The standard InChI is InChI=1S/C8H9Cl2F2N3O/c9-6-3-5(8(10)15-14-6)13-1-2-16-4-7(11)12/h3,7H,1-2,4H2,(H,13,14). The fourth-order valence-corrected chi connectivity index (χ4v) is 1.21. The van der Waals surface area contributed by atoms with Gasteiger partial charge in [-0.1, -0.05) is 23.2 Å². The van der Waals surface area contributed by atoms with E-state index in [0.29, 0.717) is 12.2 Å². The first-order valence-corrected chi connectivity index (χ1v) is 5.13. The van der Waals surface area contributed by atoms with Crippen molar-refractivity contribution < 1.29 is 13.5 Å². The van der Waals surface area contributed by atoms with E-state index in [1.165, 1.54) is 6.07 Å². The summed E-state index contributed by atoms with van der Waals surface area (Å²) in [5, 5.41) is 10.3. The van der Waals surface area contributed by atoms with Crippen molar-refractivity contribution in [2.24, 2.45) is 0 Å². The molecule has 0 saturated carbocycles. The smallest absolute Gasteiger partial charge is 0.261 e. The van der Waals surface area contributed by atoms with E-state index in [4.69, 9.17) is 23.2 Å². The molecule has 0 saturated heterocycles. The fourth-order valence-electron chi connectivity index (χ4n) is 0.907. The number of nitrogens with zero attached hydrogens (tertiary/aromatic N) is 2. The Labute approximate surface area is 101 Å². The Kier molecular flexibility index (Phi) is 5.65. The van der Waals surface area contributed by atoms with Gasteiger partial charge in [0.05, 0.1) is 12.3 Å². The third kappa shape index (κ3) is 4.87. The van der Waals surface area contributed by atoms with Crippen LogP contribution in [0.2, 0.25) is 10.3 Å². The zero-order valence-electron chi connectivity index (χ0n) is 8.09. The minimum absolute atomic E-state index is 0.139. The number of anilines is 1. The summed E-state index contributed by atoms with van der Waals surface area (Å²) < 4.78 is 28.1. The number of ether oxygens (including phenoxy) is 1. The highest BCUT2D eigenvalue weighted by atomic mass is 35.5. The van der Waals surface area contributed by atoms with E-state index in [0.717, 1.165) is 0 Å². The SMILES string of the molecule is FC(F)COCCNc1cc(Cl)nnc1Cl. The largest absolute Gasteiger partial charge is 0.380 e. The van der Waals surface area contributed by atoms with Crippen LogP contribution in [0.15, 0.2) is 6.07 Å². The number of hydrogen-bond acceptors (Lipinski definition) is 4. The van der Waals surface area contributed by atoms with Crippen LogP contribution in [0.1, 0.15) is 0 Å². The maximum Gasteiger partial charge on any atom is 0.261 e. The summed E-state index contributed by atoms with van der Waals surface area (Å²) in [6, 6.07) is 1.49. The van der Waals surface area contributed by atoms with Gasteiger partial charge < -0.3 is 10.1 Å². The molecule has 0 atom stereocenters. The third-order valence-corrected chi connectivity index (χ3v) is 1.99. The van der Waals surface area contributed by atoms with Crippen LogP contribution < -0.4 is 5.32 Å². The molecular weight excluding hydrogens is 263 g/mol. The van der Waals surface area contributed by atoms with Crippen molar-refractivity contribution >= 4 is 28.9 Å². The van der Waals surface area contributed by atoms with Gasteiger partial charge in [-0.2, -0.15) is 0 Å². The highest BCUT2D eigenvalue weighted by Crippen LogP contribution is 2.20. The molecule has 90 valence electrons. The first kappa shape index (κ1) is 13.3. The molecule has 0 radical (unpaired) electrons. The minimum atomic E-state index is -2.46. The van der Waals surface area contributed by atoms with E-state index in [-0.39, 0.29) is 16.9 Å². The maximum atomic E-state index is 11.7. The van der Waals surface area contributed by atoms with Crippen molar-refractivity contribution in [3.8, 4) is 0 Å². The van der Waals surface area contributed by atoms with Crippen molar-refractivity contribution in [2.45, 2.75) is 6.43 Å². The summed E-state index contributed by atoms with van der Waals surface area (Å²) in [4.78, 5) is 0. The summed E-state index contributed by atoms with van der Waals surface area (Å²) >= 11 is 11.3. The maximum absolute atomic E-state index is 11.7. The van der Waals surface area contributed by atoms with Gasteiger partial charge in [0, 0.05) is 12.6 Å². The second kappa shape index (κ2) is 6.78. The van der Waals surface area contributed by atoms with Crippen LogP contribution >= 0.6 is 23.2 Å². The van der Waals surface area contributed by atoms with E-state index in [1.54, 1.807) is 0 Å². The summed E-state index contributed by atoms with van der Waals surface area (Å²) in [5.74, 6) is 0. The number of nitrogens with one attached hydrogen (secondary N) is 1. The Morgan fingerprint density at radius 3 is 2.81 bits per heavy atom. The molecule has 8 heteroatoms. The fraction of sp³-hybridized carbons (Fsp3) is 0.500. The van der Waals surface area contributed by atoms with E-state index in [2.05, 4.69) is 20.3 Å². The van der Waals surface area contributed by atoms with Crippen molar-refractivity contribution in [1.29, 1.82) is 0 Å². The van der Waals surface area contributed by atoms with Crippen molar-refractivity contribution in [3.63, 3.8) is 0 Å². The second-order valence-electron chi connectivity index (χ2n) is 2.76. The van der Waals surface area contributed by atoms with Gasteiger partial charge in [0.25, 0.3) is 6.43 Å². The molecule has 0 unspecified atom stereocenters. The number of rotatable bonds is 6. The van der Waals surface area contributed by atoms with Crippen molar-refractivity contribution in [3.05, 3.63) is 16.4 Å². The van der Waals surface area contributed by atoms with Gasteiger partial charge in [0.1, 0.15) is 6.61 Å². The molecule has 0 bridgehead atoms. The van der Waals surface area contributed by atoms with Gasteiger partial charge >= 0.3 is 0 Å². The van der Waals surface area contributed by atoms with Gasteiger partial charge in [0.15, 0.2) is 10.3 Å². The van der Waals surface area contributed by atoms with Crippen LogP contribution in [0.4, 0.5) is 14.5 Å². The highest BCUT2D eigenvalue weighted by Gasteiger charge is 2.04. The Bertz CT molecular complexity index is 341. The summed E-state index contributed by atoms with van der Waals surface area (Å²) in [5.41, 5.74) is 0.488. The average Bonchev–Trinajstić information content (AvgIpc) is 2.22. The molecule has 0 aliphatic heterocycles. The van der Waals surface area contributed by atoms with E-state index >= 15 is 0 Å². The van der Waals surface area contributed by atoms with Gasteiger partial charge in [0.2, 0.25) is 0 Å². The lowest BCUT2D eigenvalue weighted by Gasteiger charge is -2.07. The van der Waals surface area contributed by atoms with Crippen LogP contribution in [0.5, 0.6) is 0 Å². The lowest BCUT2D eigenvalue weighted by Crippen LogP contribution is -2.13. The Morgan fingerprint density at radius 2 is 2.12 bits per heavy atom. The monoisotopic (exact) mass is 271 g/mol. The first-order chi connectivity index (χ1) is 7.59. The quantitative estimate of drug-likeness (QED) is 0.808. The van der Waals surface area contributed by atoms with Crippen LogP contribution in [0, 0.1) is 0 Å². The molecule has 1 aromatic heterocycles. The van der Waals surface area contributed by atoms with Gasteiger partial charge in [-0.05, 0) is 0 Å². The van der Waals surface area contributed by atoms with E-state index < -0.39 is 13.0 Å². The second-order valence-corrected chi connectivity index (χ2v) is 3.51. The van der Waals surface area contributed by atoms with Gasteiger partial charge in [-0.3, -0.25) is 0 Å². The average molecular weight is 272 g/mol.